The van der Waals surface area contributed by atoms with Gasteiger partial charge < -0.3 is 121 Å². The third-order valence-electron chi connectivity index (χ3n) is 21.4. The normalized spacial score (nSPS) is 15.5. The number of amides is 3. The molecule has 8 aromatic rings. The first kappa shape index (κ1) is 117. The largest absolute Gasteiger partial charge is 1.00 e. The summed E-state index contributed by atoms with van der Waals surface area (Å²) in [5.41, 5.74) is 4.94. The number of carbonyl (C=O) groups excluding carboxylic acids is 10. The van der Waals surface area contributed by atoms with E-state index in [4.69, 9.17) is 63.3 Å². The number of hydrogen-bond acceptors (Lipinski definition) is 38. The van der Waals surface area contributed by atoms with Gasteiger partial charge in [0, 0.05) is 86.5 Å². The number of phenols is 2. The fraction of sp³-hybridized carbons (Fsp3) is 0.379. The monoisotopic (exact) mass is 1980 g/mol. The number of ketones is 2. The topological polar surface area (TPSA) is 587 Å². The van der Waals surface area contributed by atoms with E-state index in [9.17, 15) is 97.7 Å². The van der Waals surface area contributed by atoms with Gasteiger partial charge in [-0.3, -0.25) is 63.5 Å². The smallest absolute Gasteiger partial charge is 0.870 e. The minimum absolute atomic E-state index is 0. The molecule has 14 rings (SSSR count). The van der Waals surface area contributed by atoms with Crippen LogP contribution in [0.1, 0.15) is 113 Å². The number of carbonyl (C=O) groups is 11. The average molecular weight is 1990 g/mol. The van der Waals surface area contributed by atoms with Crippen molar-refractivity contribution < 1.29 is 193 Å². The van der Waals surface area contributed by atoms with Crippen LogP contribution in [0.5, 0.6) is 57.5 Å². The Bertz CT molecular complexity index is 5730. The maximum absolute atomic E-state index is 13.0. The first-order valence-corrected chi connectivity index (χ1v) is 42.1. The van der Waals surface area contributed by atoms with Crippen LogP contribution < -0.4 is 62.1 Å². The molecule has 5 N–H and O–H groups in total. The van der Waals surface area contributed by atoms with Crippen molar-refractivity contribution in [2.45, 2.75) is 71.3 Å². The zero-order chi connectivity index (χ0) is 105. The van der Waals surface area contributed by atoms with E-state index in [-0.39, 0.29) is 163 Å². The number of Topliss-reactive ketones (excluding diaryl/α,β-unsaturated/α-hetero) is 2. The summed E-state index contributed by atoms with van der Waals surface area (Å²) in [6.07, 6.45) is 0.292. The number of morpholine rings is 4. The van der Waals surface area contributed by atoms with Crippen LogP contribution in [0, 0.1) is 58.0 Å². The third kappa shape index (κ3) is 31.9. The van der Waals surface area contributed by atoms with E-state index in [0.29, 0.717) is 131 Å². The first-order valence-electron chi connectivity index (χ1n) is 42.8. The number of nitro groups is 3. The van der Waals surface area contributed by atoms with Gasteiger partial charge in [-0.1, -0.05) is 36.4 Å². The fourth-order valence-electron chi connectivity index (χ4n) is 14.1. The number of phenolic OH excluding ortho intramolecular Hbond substituents is 2. The van der Waals surface area contributed by atoms with Crippen LogP contribution in [0.4, 0.5) is 21.5 Å². The molecule has 3 amide bonds. The van der Waals surface area contributed by atoms with E-state index in [1.54, 1.807) is 69.1 Å². The molecule has 4 atom stereocenters. The van der Waals surface area contributed by atoms with Gasteiger partial charge in [-0.2, -0.15) is 0 Å². The number of alkyl halides is 1. The Morgan fingerprint density at radius 2 is 0.866 bits per heavy atom. The van der Waals surface area contributed by atoms with Crippen molar-refractivity contribution in [3.8, 4) is 57.5 Å². The zero-order valence-electron chi connectivity index (χ0n) is 82.0. The van der Waals surface area contributed by atoms with Crippen LogP contribution in [-0.2, 0) is 81.3 Å². The van der Waals surface area contributed by atoms with Gasteiger partial charge in [0.2, 0.25) is 0 Å². The Kier molecular flexibility index (Phi) is 48.5. The third-order valence-corrected chi connectivity index (χ3v) is 21.4. The molecule has 0 aromatic heterocycles. The van der Waals surface area contributed by atoms with Crippen molar-refractivity contribution in [1.29, 1.82) is 0 Å². The molecule has 47 heteroatoms. The van der Waals surface area contributed by atoms with E-state index < -0.39 is 75.5 Å². The van der Waals surface area contributed by atoms with Crippen molar-refractivity contribution in [3.05, 3.63) is 236 Å². The van der Waals surface area contributed by atoms with Gasteiger partial charge in [-0.15, -0.1) is 0 Å². The van der Waals surface area contributed by atoms with Gasteiger partial charge >= 0.3 is 54.7 Å². The summed E-state index contributed by atoms with van der Waals surface area (Å²) in [6, 6.07) is 30.9. The number of halogens is 1. The molecule has 6 heterocycles. The predicted molar refractivity (Wildman–Crippen MR) is 495 cm³/mol. The number of benzene rings is 8. The molecule has 0 unspecified atom stereocenters. The molecule has 142 heavy (non-hydrogen) atoms. The molecule has 762 valence electrons. The summed E-state index contributed by atoms with van der Waals surface area (Å²) in [5, 5.41) is 63.4. The quantitative estimate of drug-likeness (QED) is 0.0211. The average Bonchev–Trinajstić information content (AvgIpc) is 1.67. The number of nitro benzene ring substituents is 3. The SMILES string of the molecule is COC(=O)[C@@H]1COCCN1.COC(=O)[C@@H]1COCCN1C(=O)c1cc(OC)c(C)cc1[N+](=O)[O-].COC(=O)c1cc(OC)c(C)cc1[N+](=O)[O-].COC(=O)c1ccc(C)c(OC)c1.COC(=O)c1ccc(O)c(OC)c1.COc1cc(C(=O)O)c([N+](=O)[O-])cc1C.COc1cc2c(cc1O)CC(=O)[C@@H]1COCCN1C2=O.COc1cc2c(cc1OCc1ccccc1)CC(=O)[C@@H]1COCCN1C2=O.[2H]CF.[Li+].[OH-]. The molecule has 8 aromatic carbocycles. The number of rotatable bonds is 20. The van der Waals surface area contributed by atoms with Gasteiger partial charge in [-0.05, 0) is 121 Å². The first-order chi connectivity index (χ1) is 67.3. The molecule has 45 nitrogen and oxygen atoms in total. The van der Waals surface area contributed by atoms with Crippen molar-refractivity contribution in [2.75, 3.05) is 172 Å². The minimum Gasteiger partial charge on any atom is -0.870 e. The maximum Gasteiger partial charge on any atom is 1.00 e. The number of esters is 5. The fourth-order valence-corrected chi connectivity index (χ4v) is 14.1. The van der Waals surface area contributed by atoms with Gasteiger partial charge in [0.15, 0.2) is 52.1 Å². The molecule has 0 spiro atoms. The van der Waals surface area contributed by atoms with E-state index in [2.05, 4.69) is 29.0 Å². The molecule has 0 bridgehead atoms. The number of ether oxygens (including phenoxy) is 17. The number of aromatic hydroxyl groups is 2. The second-order valence-corrected chi connectivity index (χ2v) is 29.9. The molecule has 0 aliphatic carbocycles. The number of aromatic carboxylic acids is 1. The molecule has 0 saturated carbocycles. The number of aryl methyl sites for hydroxylation is 4. The summed E-state index contributed by atoms with van der Waals surface area (Å²) in [6.45, 7) is 11.6. The Morgan fingerprint density at radius 1 is 0.458 bits per heavy atom. The van der Waals surface area contributed by atoms with E-state index in [1.165, 1.54) is 137 Å². The van der Waals surface area contributed by atoms with Gasteiger partial charge in [0.1, 0.15) is 64.4 Å². The summed E-state index contributed by atoms with van der Waals surface area (Å²) < 4.78 is 100. The Morgan fingerprint density at radius 3 is 1.32 bits per heavy atom. The number of nitrogens with zero attached hydrogens (tertiary/aromatic N) is 6. The van der Waals surface area contributed by atoms with Crippen molar-refractivity contribution in [2.24, 2.45) is 0 Å². The number of fused-ring (bicyclic) bond motifs is 4. The number of nitrogens with one attached hydrogen (secondary N) is 1. The predicted octanol–water partition coefficient (Wildman–Crippen LogP) is 6.38. The molecule has 4 fully saturated rings. The van der Waals surface area contributed by atoms with Crippen LogP contribution >= 0.6 is 0 Å². The Balaban J connectivity index is 0.000000345. The molecule has 6 aliphatic heterocycles. The van der Waals surface area contributed by atoms with E-state index in [1.807, 2.05) is 43.3 Å². The van der Waals surface area contributed by atoms with Crippen LogP contribution in [0.15, 0.2) is 127 Å². The van der Waals surface area contributed by atoms with Crippen molar-refractivity contribution >= 4 is 82.2 Å². The van der Waals surface area contributed by atoms with Crippen LogP contribution in [0.25, 0.3) is 0 Å². The summed E-state index contributed by atoms with van der Waals surface area (Å²) in [4.78, 5) is 165. The second kappa shape index (κ2) is 58.6. The number of hydrogen-bond donors (Lipinski definition) is 4. The molecular weight excluding hydrogens is 1870 g/mol. The number of carboxylic acids is 1. The van der Waals surface area contributed by atoms with Gasteiger partial charge in [-0.25, -0.2) is 24.0 Å². The van der Waals surface area contributed by atoms with E-state index in [0.717, 1.165) is 23.7 Å². The van der Waals surface area contributed by atoms with E-state index >= 15 is 0 Å². The Labute approximate surface area is 827 Å². The number of methoxy groups -OCH3 is 12. The Hall–Kier alpha value is -15.2. The molecule has 6 aliphatic rings. The van der Waals surface area contributed by atoms with Gasteiger partial charge in [0.25, 0.3) is 34.8 Å². The van der Waals surface area contributed by atoms with Gasteiger partial charge in [0.05, 0.1) is 173 Å². The molecule has 0 radical (unpaired) electrons. The summed E-state index contributed by atoms with van der Waals surface area (Å²) in [5.74, 6) is -1.69. The minimum atomic E-state index is -1.35. The van der Waals surface area contributed by atoms with Crippen LogP contribution in [0.3, 0.4) is 0 Å². The van der Waals surface area contributed by atoms with Crippen molar-refractivity contribution in [1.82, 2.24) is 20.0 Å². The molecular formula is C95H111FLiN7O38. The van der Waals surface area contributed by atoms with Crippen molar-refractivity contribution in [3.63, 3.8) is 0 Å². The van der Waals surface area contributed by atoms with Crippen LogP contribution in [-0.4, -0.2) is 311 Å². The standard InChI is InChI=1S/C21H21NO5.C15H18N2O7.C14H15NO5.C10H11NO5.C10H12O3.C9H9NO5.C9H10O4.C6H11NO3.CH3F.Li.H2O/c1-25-19-11-16-15(10-20(19)27-12-14-5-3-2-4-6-14)9-18(23)17-13-26-8-7-22(17)21(16)24;1-9-6-11(17(20)21)10(7-13(9)22-2)14(18)16-4-5-24-8-12(16)15(19)23-3;1-19-13-6-9-8(5-12(13)17)4-11(16)10-7-20-3-2-15(10)14(9)18;1-6-4-8(11(13)14)7(10(12)16-3)5-9(6)15-2;1-7-4-5-8(10(11)13-3)6-9(7)12-2;1-5-3-7(10(13)14)6(9(11)12)4-8(5)15-2;1-12-8-5-6(9(11)13-2)3-4-7(8)10;1-9-6(8)5-4-10-3-2-7-5;1-2;;/h2-6,10-11,17H,7-9,12-13H2,1H3;6-7,12H,4-5,8H2,1-3H3;5-6,10,17H,2-4,7H2,1H3;4-5H,1-3H3;4-6H,1-3H3;3-4H,1-2H3,(H,11,12);3-5,10H,1-2H3;5,7H,2-4H2,1H3;1H3;;1H2/q;;;;;;;;;+1;/p-1/t17-;12-;10-;;;;;5-;;;/m000....0.../s1/i;;;;;;;;1D;;. The van der Waals surface area contributed by atoms with Crippen LogP contribution in [0.2, 0.25) is 0 Å². The molecule has 4 saturated heterocycles. The summed E-state index contributed by atoms with van der Waals surface area (Å²) in [7, 11) is 15.6. The summed E-state index contributed by atoms with van der Waals surface area (Å²) >= 11 is 0. The second-order valence-electron chi connectivity index (χ2n) is 29.9. The number of carboxylic acid groups (broad SMARTS) is 1. The maximum atomic E-state index is 13.0. The zero-order valence-corrected chi connectivity index (χ0v) is 81.0.